The van der Waals surface area contributed by atoms with Crippen LogP contribution in [0.4, 0.5) is 4.79 Å². The minimum absolute atomic E-state index is 0.288. The second kappa shape index (κ2) is 8.10. The fourth-order valence-electron chi connectivity index (χ4n) is 1.90. The number of amides is 2. The van der Waals surface area contributed by atoms with Crippen molar-refractivity contribution in [1.29, 1.82) is 0 Å². The molecule has 0 heterocycles. The summed E-state index contributed by atoms with van der Waals surface area (Å²) in [6.45, 7) is 0.390. The van der Waals surface area contributed by atoms with Crippen molar-refractivity contribution in [3.05, 3.63) is 70.9 Å². The van der Waals surface area contributed by atoms with E-state index < -0.39 is 0 Å². The Labute approximate surface area is 134 Å². The monoisotopic (exact) mass is 316 g/mol. The molecule has 0 unspecified atom stereocenters. The number of hydrogen-bond acceptors (Lipinski definition) is 2. The highest BCUT2D eigenvalue weighted by Crippen LogP contribution is 2.16. The second-order valence-electron chi connectivity index (χ2n) is 4.53. The Morgan fingerprint density at radius 2 is 2.05 bits per heavy atom. The van der Waals surface area contributed by atoms with Gasteiger partial charge in [-0.05, 0) is 29.8 Å². The van der Waals surface area contributed by atoms with Crippen molar-refractivity contribution in [3.8, 4) is 5.75 Å². The average Bonchev–Trinajstić information content (AvgIpc) is 2.53. The number of carbonyl (C=O) groups is 1. The van der Waals surface area contributed by atoms with Crippen molar-refractivity contribution in [3.63, 3.8) is 0 Å². The second-order valence-corrected chi connectivity index (χ2v) is 4.96. The highest BCUT2D eigenvalue weighted by Gasteiger charge is 2.03. The van der Waals surface area contributed by atoms with Crippen LogP contribution in [0.5, 0.6) is 5.75 Å². The molecule has 0 aromatic heterocycles. The maximum Gasteiger partial charge on any atom is 0.319 e. The van der Waals surface area contributed by atoms with E-state index in [9.17, 15) is 4.79 Å². The van der Waals surface area contributed by atoms with Crippen LogP contribution in [0.3, 0.4) is 0 Å². The summed E-state index contributed by atoms with van der Waals surface area (Å²) in [6.07, 6.45) is 3.35. The summed E-state index contributed by atoms with van der Waals surface area (Å²) < 4.78 is 5.23. The molecule has 0 saturated carbocycles. The van der Waals surface area contributed by atoms with Crippen LogP contribution >= 0.6 is 11.6 Å². The van der Waals surface area contributed by atoms with E-state index in [0.29, 0.717) is 11.6 Å². The fourth-order valence-corrected chi connectivity index (χ4v) is 2.10. The molecule has 0 saturated heterocycles. The van der Waals surface area contributed by atoms with E-state index in [4.69, 9.17) is 16.3 Å². The third kappa shape index (κ3) is 4.82. The normalized spacial score (nSPS) is 10.5. The summed E-state index contributed by atoms with van der Waals surface area (Å²) >= 11 is 5.89. The molecule has 22 heavy (non-hydrogen) atoms. The lowest BCUT2D eigenvalue weighted by molar-refractivity contribution is 0.243. The minimum atomic E-state index is -0.288. The van der Waals surface area contributed by atoms with Gasteiger partial charge in [-0.1, -0.05) is 41.9 Å². The third-order valence-electron chi connectivity index (χ3n) is 2.97. The van der Waals surface area contributed by atoms with E-state index >= 15 is 0 Å². The Morgan fingerprint density at radius 1 is 1.23 bits per heavy atom. The van der Waals surface area contributed by atoms with Gasteiger partial charge in [0.2, 0.25) is 0 Å². The van der Waals surface area contributed by atoms with E-state index in [1.807, 2.05) is 42.5 Å². The molecule has 0 radical (unpaired) electrons. The van der Waals surface area contributed by atoms with E-state index in [-0.39, 0.29) is 6.03 Å². The van der Waals surface area contributed by atoms with Gasteiger partial charge in [-0.3, -0.25) is 0 Å². The van der Waals surface area contributed by atoms with E-state index in [0.717, 1.165) is 16.9 Å². The zero-order valence-electron chi connectivity index (χ0n) is 12.2. The maximum absolute atomic E-state index is 11.7. The number of methoxy groups -OCH3 is 1. The number of halogens is 1. The van der Waals surface area contributed by atoms with Gasteiger partial charge in [0.15, 0.2) is 0 Å². The van der Waals surface area contributed by atoms with E-state index in [1.165, 1.54) is 0 Å². The SMILES string of the molecule is COc1ccccc1CNC(=O)N/C=C/c1cccc(Cl)c1. The predicted octanol–water partition coefficient (Wildman–Crippen LogP) is 3.82. The Kier molecular flexibility index (Phi) is 5.86. The molecule has 0 aliphatic heterocycles. The number of rotatable bonds is 5. The first kappa shape index (κ1) is 15.9. The lowest BCUT2D eigenvalue weighted by Gasteiger charge is -2.09. The van der Waals surface area contributed by atoms with Gasteiger partial charge >= 0.3 is 6.03 Å². The summed E-state index contributed by atoms with van der Waals surface area (Å²) in [4.78, 5) is 11.7. The molecule has 2 amide bonds. The molecule has 0 aliphatic rings. The molecule has 2 rings (SSSR count). The van der Waals surface area contributed by atoms with Gasteiger partial charge in [0, 0.05) is 23.3 Å². The van der Waals surface area contributed by atoms with E-state index in [2.05, 4.69) is 10.6 Å². The van der Waals surface area contributed by atoms with Crippen molar-refractivity contribution in [2.75, 3.05) is 7.11 Å². The summed E-state index contributed by atoms with van der Waals surface area (Å²) in [6, 6.07) is 14.6. The summed E-state index contributed by atoms with van der Waals surface area (Å²) in [5, 5.41) is 6.06. The van der Waals surface area contributed by atoms with Crippen LogP contribution in [-0.4, -0.2) is 13.1 Å². The number of urea groups is 1. The first-order valence-corrected chi connectivity index (χ1v) is 7.15. The molecule has 2 aromatic rings. The molecule has 0 aliphatic carbocycles. The van der Waals surface area contributed by atoms with Crippen molar-refractivity contribution in [1.82, 2.24) is 10.6 Å². The molecule has 4 nitrogen and oxygen atoms in total. The van der Waals surface area contributed by atoms with Gasteiger partial charge in [-0.25, -0.2) is 4.79 Å². The Balaban J connectivity index is 1.83. The molecule has 0 fully saturated rings. The zero-order valence-corrected chi connectivity index (χ0v) is 12.9. The van der Waals surface area contributed by atoms with Gasteiger partial charge < -0.3 is 15.4 Å². The van der Waals surface area contributed by atoms with Crippen LogP contribution in [0.1, 0.15) is 11.1 Å². The number of benzene rings is 2. The van der Waals surface area contributed by atoms with Crippen LogP contribution in [0.25, 0.3) is 6.08 Å². The van der Waals surface area contributed by atoms with Crippen molar-refractivity contribution >= 4 is 23.7 Å². The predicted molar refractivity (Wildman–Crippen MR) is 88.9 cm³/mol. The van der Waals surface area contributed by atoms with Crippen LogP contribution in [-0.2, 0) is 6.54 Å². The summed E-state index contributed by atoms with van der Waals surface area (Å²) in [5.41, 5.74) is 1.83. The molecular weight excluding hydrogens is 300 g/mol. The number of carbonyl (C=O) groups excluding carboxylic acids is 1. The maximum atomic E-state index is 11.7. The highest BCUT2D eigenvalue weighted by molar-refractivity contribution is 6.30. The van der Waals surface area contributed by atoms with E-state index in [1.54, 1.807) is 25.5 Å². The smallest absolute Gasteiger partial charge is 0.319 e. The quantitative estimate of drug-likeness (QED) is 0.881. The Morgan fingerprint density at radius 3 is 2.82 bits per heavy atom. The Bertz CT molecular complexity index is 671. The fraction of sp³-hybridized carbons (Fsp3) is 0.118. The van der Waals surface area contributed by atoms with Crippen LogP contribution in [0.15, 0.2) is 54.7 Å². The lowest BCUT2D eigenvalue weighted by atomic mass is 10.2. The number of ether oxygens (including phenoxy) is 1. The molecule has 2 N–H and O–H groups in total. The largest absolute Gasteiger partial charge is 0.496 e. The lowest BCUT2D eigenvalue weighted by Crippen LogP contribution is -2.31. The highest BCUT2D eigenvalue weighted by atomic mass is 35.5. The number of para-hydroxylation sites is 1. The van der Waals surface area contributed by atoms with Gasteiger partial charge in [0.1, 0.15) is 5.75 Å². The van der Waals surface area contributed by atoms with Gasteiger partial charge in [0.05, 0.1) is 7.11 Å². The van der Waals surface area contributed by atoms with Crippen LogP contribution in [0.2, 0.25) is 5.02 Å². The average molecular weight is 317 g/mol. The molecule has 0 atom stereocenters. The molecule has 0 spiro atoms. The molecule has 0 bridgehead atoms. The Hall–Kier alpha value is -2.46. The summed E-state index contributed by atoms with van der Waals surface area (Å²) in [5.74, 6) is 0.747. The van der Waals surface area contributed by atoms with Crippen molar-refractivity contribution < 1.29 is 9.53 Å². The first-order chi connectivity index (χ1) is 10.7. The number of nitrogens with one attached hydrogen (secondary N) is 2. The van der Waals surface area contributed by atoms with Crippen LogP contribution in [0, 0.1) is 0 Å². The number of hydrogen-bond donors (Lipinski definition) is 2. The van der Waals surface area contributed by atoms with Gasteiger partial charge in [-0.15, -0.1) is 0 Å². The van der Waals surface area contributed by atoms with Crippen LogP contribution < -0.4 is 15.4 Å². The molecule has 114 valence electrons. The van der Waals surface area contributed by atoms with Gasteiger partial charge in [0.25, 0.3) is 0 Å². The van der Waals surface area contributed by atoms with Crippen molar-refractivity contribution in [2.24, 2.45) is 0 Å². The van der Waals surface area contributed by atoms with Crippen molar-refractivity contribution in [2.45, 2.75) is 6.54 Å². The molecule has 2 aromatic carbocycles. The molecular formula is C17H17ClN2O2. The van der Waals surface area contributed by atoms with Gasteiger partial charge in [-0.2, -0.15) is 0 Å². The minimum Gasteiger partial charge on any atom is -0.496 e. The third-order valence-corrected chi connectivity index (χ3v) is 3.21. The zero-order chi connectivity index (χ0) is 15.8. The first-order valence-electron chi connectivity index (χ1n) is 6.77. The summed E-state index contributed by atoms with van der Waals surface area (Å²) in [7, 11) is 1.60. The standard InChI is InChI=1S/C17H17ClN2O2/c1-22-16-8-3-2-6-14(16)12-20-17(21)19-10-9-13-5-4-7-15(18)11-13/h2-11H,12H2,1H3,(H2,19,20,21)/b10-9+. The topological polar surface area (TPSA) is 50.4 Å². The molecule has 5 heteroatoms.